The fraction of sp³-hybridized carbons (Fsp3) is 0.611. The van der Waals surface area contributed by atoms with Crippen LogP contribution in [0.5, 0.6) is 0 Å². The monoisotopic (exact) mass is 320 g/mol. The normalized spacial score (nSPS) is 17.3. The molecule has 0 saturated carbocycles. The molecule has 1 aliphatic heterocycles. The lowest BCUT2D eigenvalue weighted by molar-refractivity contribution is 0.334. The van der Waals surface area contributed by atoms with Gasteiger partial charge in [-0.1, -0.05) is 12.1 Å². The van der Waals surface area contributed by atoms with Gasteiger partial charge in [0, 0.05) is 13.6 Å². The zero-order valence-corrected chi connectivity index (χ0v) is 14.5. The summed E-state index contributed by atoms with van der Waals surface area (Å²) in [6.07, 6.45) is 3.77. The molecule has 1 aromatic rings. The van der Waals surface area contributed by atoms with Crippen molar-refractivity contribution in [2.75, 3.05) is 33.2 Å². The molecule has 1 fully saturated rings. The lowest BCUT2D eigenvalue weighted by Gasteiger charge is -2.19. The van der Waals surface area contributed by atoms with Crippen LogP contribution in [0.25, 0.3) is 0 Å². The molecule has 4 nitrogen and oxygen atoms in total. The highest BCUT2D eigenvalue weighted by molar-refractivity contribution is 5.80. The van der Waals surface area contributed by atoms with Crippen LogP contribution in [0.3, 0.4) is 0 Å². The average Bonchev–Trinajstić information content (AvgIpc) is 3.06. The van der Waals surface area contributed by atoms with E-state index >= 15 is 0 Å². The molecule has 0 bridgehead atoms. The number of guanidine groups is 1. The van der Waals surface area contributed by atoms with Crippen LogP contribution in [0.1, 0.15) is 43.4 Å². The summed E-state index contributed by atoms with van der Waals surface area (Å²) in [5, 5.41) is 6.66. The van der Waals surface area contributed by atoms with E-state index in [2.05, 4.69) is 20.5 Å². The molecule has 1 unspecified atom stereocenters. The summed E-state index contributed by atoms with van der Waals surface area (Å²) in [7, 11) is 1.76. The van der Waals surface area contributed by atoms with Crippen molar-refractivity contribution in [3.05, 3.63) is 35.1 Å². The quantitative estimate of drug-likeness (QED) is 0.481. The summed E-state index contributed by atoms with van der Waals surface area (Å²) in [4.78, 5) is 6.76. The highest BCUT2D eigenvalue weighted by Crippen LogP contribution is 2.16. The maximum Gasteiger partial charge on any atom is 0.191 e. The molecule has 23 heavy (non-hydrogen) atoms. The number of hydrogen-bond acceptors (Lipinski definition) is 2. The van der Waals surface area contributed by atoms with Crippen LogP contribution in [0.2, 0.25) is 0 Å². The second-order valence-corrected chi connectivity index (χ2v) is 6.28. The zero-order valence-electron chi connectivity index (χ0n) is 14.5. The van der Waals surface area contributed by atoms with Crippen LogP contribution >= 0.6 is 0 Å². The van der Waals surface area contributed by atoms with E-state index in [1.54, 1.807) is 20.0 Å². The number of aryl methyl sites for hydroxylation is 1. The van der Waals surface area contributed by atoms with Gasteiger partial charge in [-0.15, -0.1) is 0 Å². The minimum atomic E-state index is -0.162. The molecular weight excluding hydrogens is 291 g/mol. The first-order chi connectivity index (χ1) is 11.1. The fourth-order valence-electron chi connectivity index (χ4n) is 2.88. The summed E-state index contributed by atoms with van der Waals surface area (Å²) < 4.78 is 13.7. The minimum absolute atomic E-state index is 0.00915. The Hall–Kier alpha value is -1.62. The van der Waals surface area contributed by atoms with Crippen LogP contribution in [-0.4, -0.2) is 44.1 Å². The number of halogens is 1. The van der Waals surface area contributed by atoms with Gasteiger partial charge < -0.3 is 15.5 Å². The van der Waals surface area contributed by atoms with Crippen LogP contribution in [0, 0.1) is 12.7 Å². The molecule has 1 heterocycles. The Morgan fingerprint density at radius 2 is 2.09 bits per heavy atom. The van der Waals surface area contributed by atoms with Gasteiger partial charge in [-0.05, 0) is 69.9 Å². The number of likely N-dealkylation sites (tertiary alicyclic amines) is 1. The Morgan fingerprint density at radius 1 is 1.35 bits per heavy atom. The fourth-order valence-corrected chi connectivity index (χ4v) is 2.88. The number of rotatable bonds is 6. The van der Waals surface area contributed by atoms with Crippen molar-refractivity contribution >= 4 is 5.96 Å². The van der Waals surface area contributed by atoms with E-state index in [-0.39, 0.29) is 11.9 Å². The van der Waals surface area contributed by atoms with Crippen molar-refractivity contribution in [2.24, 2.45) is 4.99 Å². The predicted octanol–water partition coefficient (Wildman–Crippen LogP) is 2.85. The minimum Gasteiger partial charge on any atom is -0.356 e. The highest BCUT2D eigenvalue weighted by atomic mass is 19.1. The van der Waals surface area contributed by atoms with Crippen molar-refractivity contribution in [2.45, 2.75) is 39.2 Å². The Morgan fingerprint density at radius 3 is 2.74 bits per heavy atom. The van der Waals surface area contributed by atoms with Gasteiger partial charge in [0.05, 0.1) is 6.04 Å². The topological polar surface area (TPSA) is 39.7 Å². The van der Waals surface area contributed by atoms with Crippen LogP contribution in [0.15, 0.2) is 23.2 Å². The molecule has 0 aliphatic carbocycles. The molecule has 0 spiro atoms. The summed E-state index contributed by atoms with van der Waals surface area (Å²) in [6, 6.07) is 5.37. The smallest absolute Gasteiger partial charge is 0.191 e. The second kappa shape index (κ2) is 8.87. The number of benzene rings is 1. The molecule has 2 N–H and O–H groups in total. The second-order valence-electron chi connectivity index (χ2n) is 6.28. The van der Waals surface area contributed by atoms with Crippen molar-refractivity contribution in [3.63, 3.8) is 0 Å². The van der Waals surface area contributed by atoms with E-state index in [1.807, 2.05) is 19.1 Å². The van der Waals surface area contributed by atoms with E-state index in [9.17, 15) is 4.39 Å². The van der Waals surface area contributed by atoms with Gasteiger partial charge in [-0.3, -0.25) is 4.99 Å². The van der Waals surface area contributed by atoms with Crippen molar-refractivity contribution in [1.82, 2.24) is 15.5 Å². The summed E-state index contributed by atoms with van der Waals surface area (Å²) in [5.41, 5.74) is 1.60. The van der Waals surface area contributed by atoms with E-state index < -0.39 is 0 Å². The molecule has 0 radical (unpaired) electrons. The molecule has 1 aliphatic rings. The molecule has 1 aromatic carbocycles. The van der Waals surface area contributed by atoms with E-state index in [0.29, 0.717) is 5.56 Å². The highest BCUT2D eigenvalue weighted by Gasteiger charge is 2.11. The Labute approximate surface area is 139 Å². The molecule has 1 saturated heterocycles. The summed E-state index contributed by atoms with van der Waals surface area (Å²) in [5.74, 6) is 0.601. The van der Waals surface area contributed by atoms with Gasteiger partial charge in [0.1, 0.15) is 5.82 Å². The first-order valence-corrected chi connectivity index (χ1v) is 8.55. The van der Waals surface area contributed by atoms with Crippen molar-refractivity contribution in [1.29, 1.82) is 0 Å². The van der Waals surface area contributed by atoms with Gasteiger partial charge in [-0.2, -0.15) is 0 Å². The first-order valence-electron chi connectivity index (χ1n) is 8.55. The predicted molar refractivity (Wildman–Crippen MR) is 94.3 cm³/mol. The van der Waals surface area contributed by atoms with E-state index in [4.69, 9.17) is 0 Å². The van der Waals surface area contributed by atoms with Gasteiger partial charge in [0.2, 0.25) is 0 Å². The molecule has 0 amide bonds. The number of aliphatic imine (C=N–C) groups is 1. The Kier molecular flexibility index (Phi) is 6.84. The van der Waals surface area contributed by atoms with Crippen LogP contribution in [-0.2, 0) is 0 Å². The molecular formula is C18H29FN4. The molecule has 2 rings (SSSR count). The first kappa shape index (κ1) is 17.7. The SMILES string of the molecule is CN=C(NCCCN1CCCC1)NC(C)c1ccc(C)c(F)c1. The van der Waals surface area contributed by atoms with Gasteiger partial charge >= 0.3 is 0 Å². The average molecular weight is 320 g/mol. The largest absolute Gasteiger partial charge is 0.356 e. The standard InChI is InChI=1S/C18H29FN4/c1-14-7-8-16(13-17(14)19)15(2)22-18(20-3)21-9-6-12-23-10-4-5-11-23/h7-8,13,15H,4-6,9-12H2,1-3H3,(H2,20,21,22). The molecule has 128 valence electrons. The zero-order chi connectivity index (χ0) is 16.7. The van der Waals surface area contributed by atoms with Gasteiger partial charge in [0.25, 0.3) is 0 Å². The Balaban J connectivity index is 1.75. The molecule has 5 heteroatoms. The third kappa shape index (κ3) is 5.50. The van der Waals surface area contributed by atoms with E-state index in [0.717, 1.165) is 31.0 Å². The van der Waals surface area contributed by atoms with Crippen molar-refractivity contribution in [3.8, 4) is 0 Å². The molecule has 1 atom stereocenters. The van der Waals surface area contributed by atoms with Crippen LogP contribution in [0.4, 0.5) is 4.39 Å². The number of nitrogens with zero attached hydrogens (tertiary/aromatic N) is 2. The third-order valence-corrected chi connectivity index (χ3v) is 4.41. The number of nitrogens with one attached hydrogen (secondary N) is 2. The lowest BCUT2D eigenvalue weighted by Crippen LogP contribution is -2.39. The number of hydrogen-bond donors (Lipinski definition) is 2. The van der Waals surface area contributed by atoms with E-state index in [1.165, 1.54) is 25.9 Å². The summed E-state index contributed by atoms with van der Waals surface area (Å²) in [6.45, 7) is 8.30. The summed E-state index contributed by atoms with van der Waals surface area (Å²) >= 11 is 0. The van der Waals surface area contributed by atoms with Crippen molar-refractivity contribution < 1.29 is 4.39 Å². The molecule has 0 aromatic heterocycles. The third-order valence-electron chi connectivity index (χ3n) is 4.41. The Bertz CT molecular complexity index is 524. The maximum absolute atomic E-state index is 13.7. The van der Waals surface area contributed by atoms with Gasteiger partial charge in [0.15, 0.2) is 5.96 Å². The maximum atomic E-state index is 13.7. The van der Waals surface area contributed by atoms with Crippen LogP contribution < -0.4 is 10.6 Å². The van der Waals surface area contributed by atoms with Gasteiger partial charge in [-0.25, -0.2) is 4.39 Å². The lowest BCUT2D eigenvalue weighted by atomic mass is 10.1.